The maximum absolute atomic E-state index is 12.4. The van der Waals surface area contributed by atoms with Crippen LogP contribution < -0.4 is 5.32 Å². The number of rotatable bonds is 5. The number of carbonyl (C=O) groups is 1. The number of aromatic amines is 1. The lowest BCUT2D eigenvalue weighted by atomic mass is 10.1. The molecule has 4 aromatic rings. The largest absolute Gasteiger partial charge is 0.459 e. The molecule has 124 valence electrons. The van der Waals surface area contributed by atoms with Gasteiger partial charge < -0.3 is 14.7 Å². The standard InChI is InChI=1S/C20H17N3O2/c24-20(18-11-6-12-25-18)23-17(13-14-7-2-1-3-8-14)19-21-15-9-4-5-10-16(15)22-19/h1-12,17H,13H2,(H,21,22)(H,23,24)/t17-/m0/s1. The maximum atomic E-state index is 12.4. The summed E-state index contributed by atoms with van der Waals surface area (Å²) in [6, 6.07) is 20.9. The van der Waals surface area contributed by atoms with Crippen LogP contribution in [0.3, 0.4) is 0 Å². The topological polar surface area (TPSA) is 70.9 Å². The minimum Gasteiger partial charge on any atom is -0.459 e. The number of amides is 1. The van der Waals surface area contributed by atoms with Gasteiger partial charge in [-0.3, -0.25) is 4.79 Å². The van der Waals surface area contributed by atoms with Gasteiger partial charge in [0.25, 0.3) is 5.91 Å². The fourth-order valence-corrected chi connectivity index (χ4v) is 2.84. The molecule has 0 unspecified atom stereocenters. The molecule has 0 bridgehead atoms. The molecule has 0 aliphatic rings. The van der Waals surface area contributed by atoms with Gasteiger partial charge in [-0.2, -0.15) is 0 Å². The second-order valence-electron chi connectivity index (χ2n) is 5.83. The third-order valence-corrected chi connectivity index (χ3v) is 4.07. The van der Waals surface area contributed by atoms with Gasteiger partial charge in [0.15, 0.2) is 5.76 Å². The number of aromatic nitrogens is 2. The Bertz CT molecular complexity index is 942. The van der Waals surface area contributed by atoms with Crippen molar-refractivity contribution in [3.05, 3.63) is 90.1 Å². The normalized spacial score (nSPS) is 12.2. The molecule has 1 amide bonds. The molecule has 2 N–H and O–H groups in total. The highest BCUT2D eigenvalue weighted by Crippen LogP contribution is 2.20. The molecule has 0 spiro atoms. The molecular weight excluding hydrogens is 314 g/mol. The summed E-state index contributed by atoms with van der Waals surface area (Å²) in [6.45, 7) is 0. The molecular formula is C20H17N3O2. The van der Waals surface area contributed by atoms with Crippen LogP contribution in [-0.2, 0) is 6.42 Å². The first kappa shape index (κ1) is 15.2. The summed E-state index contributed by atoms with van der Waals surface area (Å²) in [5.41, 5.74) is 2.94. The molecule has 2 aromatic heterocycles. The summed E-state index contributed by atoms with van der Waals surface area (Å²) in [4.78, 5) is 20.4. The fourth-order valence-electron chi connectivity index (χ4n) is 2.84. The summed E-state index contributed by atoms with van der Waals surface area (Å²) in [5.74, 6) is 0.755. The third-order valence-electron chi connectivity index (χ3n) is 4.07. The highest BCUT2D eigenvalue weighted by molar-refractivity contribution is 5.91. The predicted molar refractivity (Wildman–Crippen MR) is 95.2 cm³/mol. The van der Waals surface area contributed by atoms with E-state index in [1.165, 1.54) is 6.26 Å². The highest BCUT2D eigenvalue weighted by Gasteiger charge is 2.21. The van der Waals surface area contributed by atoms with E-state index in [1.54, 1.807) is 12.1 Å². The van der Waals surface area contributed by atoms with Crippen LogP contribution in [0.25, 0.3) is 11.0 Å². The van der Waals surface area contributed by atoms with Crippen molar-refractivity contribution in [2.24, 2.45) is 0 Å². The Hall–Kier alpha value is -3.34. The van der Waals surface area contributed by atoms with Crippen LogP contribution in [0.5, 0.6) is 0 Å². The molecule has 0 saturated heterocycles. The SMILES string of the molecule is O=C(N[C@@H](Cc1ccccc1)c1nc2ccccc2[nH]1)c1ccco1. The first-order valence-electron chi connectivity index (χ1n) is 8.12. The number of fused-ring (bicyclic) bond motifs is 1. The zero-order chi connectivity index (χ0) is 17.1. The average Bonchev–Trinajstić information content (AvgIpc) is 3.31. The quantitative estimate of drug-likeness (QED) is 0.583. The molecule has 0 aliphatic carbocycles. The molecule has 5 heteroatoms. The molecule has 2 aromatic carbocycles. The van der Waals surface area contributed by atoms with Gasteiger partial charge in [0.2, 0.25) is 0 Å². The Labute approximate surface area is 144 Å². The first-order chi connectivity index (χ1) is 12.3. The van der Waals surface area contributed by atoms with Crippen molar-refractivity contribution in [2.45, 2.75) is 12.5 Å². The van der Waals surface area contributed by atoms with E-state index in [1.807, 2.05) is 54.6 Å². The monoisotopic (exact) mass is 331 g/mol. The van der Waals surface area contributed by atoms with Gasteiger partial charge in [0, 0.05) is 0 Å². The van der Waals surface area contributed by atoms with E-state index >= 15 is 0 Å². The number of para-hydroxylation sites is 2. The lowest BCUT2D eigenvalue weighted by molar-refractivity contribution is 0.0907. The number of furan rings is 1. The average molecular weight is 331 g/mol. The highest BCUT2D eigenvalue weighted by atomic mass is 16.3. The van der Waals surface area contributed by atoms with Gasteiger partial charge in [-0.25, -0.2) is 4.98 Å². The molecule has 0 radical (unpaired) electrons. The second-order valence-corrected chi connectivity index (χ2v) is 5.83. The number of benzene rings is 2. The van der Waals surface area contributed by atoms with Crippen LogP contribution in [0, 0.1) is 0 Å². The fraction of sp³-hybridized carbons (Fsp3) is 0.100. The van der Waals surface area contributed by atoms with Crippen molar-refractivity contribution in [3.8, 4) is 0 Å². The Balaban J connectivity index is 1.66. The minimum absolute atomic E-state index is 0.258. The lowest BCUT2D eigenvalue weighted by Gasteiger charge is -2.16. The molecule has 0 saturated carbocycles. The number of carbonyl (C=O) groups excluding carboxylic acids is 1. The molecule has 4 rings (SSSR count). The van der Waals surface area contributed by atoms with E-state index < -0.39 is 0 Å². The van der Waals surface area contributed by atoms with Crippen molar-refractivity contribution in [2.75, 3.05) is 0 Å². The van der Waals surface area contributed by atoms with Crippen LogP contribution in [-0.4, -0.2) is 15.9 Å². The van der Waals surface area contributed by atoms with E-state index in [-0.39, 0.29) is 17.7 Å². The van der Waals surface area contributed by atoms with Crippen molar-refractivity contribution in [1.82, 2.24) is 15.3 Å². The summed E-state index contributed by atoms with van der Waals surface area (Å²) in [5, 5.41) is 3.02. The molecule has 25 heavy (non-hydrogen) atoms. The summed E-state index contributed by atoms with van der Waals surface area (Å²) in [7, 11) is 0. The molecule has 0 aliphatic heterocycles. The van der Waals surface area contributed by atoms with Crippen LogP contribution in [0.2, 0.25) is 0 Å². The van der Waals surface area contributed by atoms with E-state index in [0.717, 1.165) is 22.4 Å². The van der Waals surface area contributed by atoms with Gasteiger partial charge in [0.1, 0.15) is 5.82 Å². The van der Waals surface area contributed by atoms with Crippen molar-refractivity contribution >= 4 is 16.9 Å². The van der Waals surface area contributed by atoms with Crippen molar-refractivity contribution in [3.63, 3.8) is 0 Å². The Morgan fingerprint density at radius 3 is 2.60 bits per heavy atom. The number of nitrogens with zero attached hydrogens (tertiary/aromatic N) is 1. The van der Waals surface area contributed by atoms with Crippen LogP contribution >= 0.6 is 0 Å². The summed E-state index contributed by atoms with van der Waals surface area (Å²) in [6.07, 6.45) is 2.12. The van der Waals surface area contributed by atoms with Gasteiger partial charge in [-0.05, 0) is 36.2 Å². The second kappa shape index (κ2) is 6.65. The molecule has 0 fully saturated rings. The Kier molecular flexibility index (Phi) is 4.04. The number of imidazole rings is 1. The molecule has 1 atom stereocenters. The lowest BCUT2D eigenvalue weighted by Crippen LogP contribution is -2.30. The number of hydrogen-bond acceptors (Lipinski definition) is 3. The van der Waals surface area contributed by atoms with E-state index in [0.29, 0.717) is 6.42 Å². The minimum atomic E-state index is -0.285. The Morgan fingerprint density at radius 2 is 1.84 bits per heavy atom. The smallest absolute Gasteiger partial charge is 0.287 e. The van der Waals surface area contributed by atoms with Gasteiger partial charge in [0.05, 0.1) is 23.3 Å². The maximum Gasteiger partial charge on any atom is 0.287 e. The van der Waals surface area contributed by atoms with E-state index in [4.69, 9.17) is 4.42 Å². The number of hydrogen-bond donors (Lipinski definition) is 2. The first-order valence-corrected chi connectivity index (χ1v) is 8.12. The van der Waals surface area contributed by atoms with Crippen LogP contribution in [0.1, 0.15) is 28.0 Å². The van der Waals surface area contributed by atoms with Gasteiger partial charge in [-0.15, -0.1) is 0 Å². The predicted octanol–water partition coefficient (Wildman–Crippen LogP) is 3.87. The summed E-state index contributed by atoms with van der Waals surface area (Å²) >= 11 is 0. The van der Waals surface area contributed by atoms with Crippen LogP contribution in [0.4, 0.5) is 0 Å². The van der Waals surface area contributed by atoms with Gasteiger partial charge in [-0.1, -0.05) is 42.5 Å². The number of nitrogens with one attached hydrogen (secondary N) is 2. The molecule has 2 heterocycles. The van der Waals surface area contributed by atoms with Gasteiger partial charge >= 0.3 is 0 Å². The zero-order valence-electron chi connectivity index (χ0n) is 13.5. The van der Waals surface area contributed by atoms with Crippen molar-refractivity contribution in [1.29, 1.82) is 0 Å². The summed E-state index contributed by atoms with van der Waals surface area (Å²) < 4.78 is 5.20. The number of H-pyrrole nitrogens is 1. The zero-order valence-corrected chi connectivity index (χ0v) is 13.5. The Morgan fingerprint density at radius 1 is 1.04 bits per heavy atom. The van der Waals surface area contributed by atoms with Crippen LogP contribution in [0.15, 0.2) is 77.4 Å². The third kappa shape index (κ3) is 3.30. The van der Waals surface area contributed by atoms with E-state index in [9.17, 15) is 4.79 Å². The van der Waals surface area contributed by atoms with Crippen molar-refractivity contribution < 1.29 is 9.21 Å². The molecule has 5 nitrogen and oxygen atoms in total. The van der Waals surface area contributed by atoms with E-state index in [2.05, 4.69) is 15.3 Å².